The lowest BCUT2D eigenvalue weighted by Crippen LogP contribution is -2.34. The first kappa shape index (κ1) is 20.2. The topological polar surface area (TPSA) is 91.1 Å². The van der Waals surface area contributed by atoms with Crippen LogP contribution in [0.25, 0.3) is 0 Å². The zero-order valence-corrected chi connectivity index (χ0v) is 16.0. The van der Waals surface area contributed by atoms with Crippen molar-refractivity contribution in [1.82, 2.24) is 15.5 Å². The molecule has 2 aromatic rings. The number of hydrogen-bond acceptors (Lipinski definition) is 6. The van der Waals surface area contributed by atoms with E-state index in [1.807, 2.05) is 57.2 Å². The first-order valence-electron chi connectivity index (χ1n) is 8.87. The average molecular weight is 367 g/mol. The summed E-state index contributed by atoms with van der Waals surface area (Å²) in [6.45, 7) is 7.32. The summed E-state index contributed by atoms with van der Waals surface area (Å²) in [5.41, 5.74) is 0.912. The quantitative estimate of drug-likeness (QED) is 0.755. The van der Waals surface area contributed by atoms with Crippen molar-refractivity contribution in [3.8, 4) is 6.07 Å². The van der Waals surface area contributed by atoms with Crippen LogP contribution in [-0.4, -0.2) is 35.0 Å². The van der Waals surface area contributed by atoms with Gasteiger partial charge in [-0.15, -0.1) is 10.2 Å². The molecule has 7 nitrogen and oxygen atoms in total. The second-order valence-corrected chi connectivity index (χ2v) is 7.08. The molecule has 0 spiro atoms. The highest BCUT2D eigenvalue weighted by molar-refractivity contribution is 5.67. The molecular weight excluding hydrogens is 342 g/mol. The monoisotopic (exact) mass is 367 g/mol. The number of nitrogens with zero attached hydrogens (tertiary/aromatic N) is 4. The second-order valence-electron chi connectivity index (χ2n) is 7.08. The molecule has 7 heteroatoms. The van der Waals surface area contributed by atoms with Crippen LogP contribution in [0, 0.1) is 11.3 Å². The van der Waals surface area contributed by atoms with E-state index in [1.165, 1.54) is 0 Å². The maximum Gasteiger partial charge on any atom is 0.407 e. The van der Waals surface area contributed by atoms with E-state index in [4.69, 9.17) is 10.00 Å². The maximum absolute atomic E-state index is 11.7. The Morgan fingerprint density at radius 3 is 2.52 bits per heavy atom. The Hall–Kier alpha value is -3.14. The molecule has 1 aromatic carbocycles. The van der Waals surface area contributed by atoms with Gasteiger partial charge < -0.3 is 15.0 Å². The first-order chi connectivity index (χ1) is 12.9. The van der Waals surface area contributed by atoms with Gasteiger partial charge in [0, 0.05) is 19.6 Å². The Morgan fingerprint density at radius 1 is 1.19 bits per heavy atom. The van der Waals surface area contributed by atoms with Gasteiger partial charge in [-0.2, -0.15) is 5.26 Å². The number of nitrogens with one attached hydrogen (secondary N) is 1. The molecule has 0 aliphatic carbocycles. The van der Waals surface area contributed by atoms with E-state index in [1.54, 1.807) is 12.1 Å². The van der Waals surface area contributed by atoms with Crippen LogP contribution in [0.3, 0.4) is 0 Å². The van der Waals surface area contributed by atoms with Crippen molar-refractivity contribution in [2.75, 3.05) is 18.0 Å². The molecule has 0 aliphatic heterocycles. The number of carbonyl (C=O) groups is 1. The minimum Gasteiger partial charge on any atom is -0.444 e. The summed E-state index contributed by atoms with van der Waals surface area (Å²) in [5.74, 6) is 0.690. The molecule has 0 atom stereocenters. The number of benzene rings is 1. The highest BCUT2D eigenvalue weighted by Crippen LogP contribution is 2.14. The lowest BCUT2D eigenvalue weighted by atomic mass is 10.2. The Kier molecular flexibility index (Phi) is 7.12. The van der Waals surface area contributed by atoms with Gasteiger partial charge in [0.1, 0.15) is 11.7 Å². The summed E-state index contributed by atoms with van der Waals surface area (Å²) in [5, 5.41) is 19.7. The third kappa shape index (κ3) is 7.32. The van der Waals surface area contributed by atoms with E-state index >= 15 is 0 Å². The highest BCUT2D eigenvalue weighted by atomic mass is 16.6. The van der Waals surface area contributed by atoms with Gasteiger partial charge in [0.25, 0.3) is 0 Å². The van der Waals surface area contributed by atoms with Crippen molar-refractivity contribution in [3.05, 3.63) is 53.7 Å². The van der Waals surface area contributed by atoms with Crippen molar-refractivity contribution < 1.29 is 9.53 Å². The lowest BCUT2D eigenvalue weighted by molar-refractivity contribution is 0.0527. The van der Waals surface area contributed by atoms with E-state index in [0.717, 1.165) is 5.56 Å². The minimum atomic E-state index is -0.512. The summed E-state index contributed by atoms with van der Waals surface area (Å²) < 4.78 is 5.23. The molecule has 0 saturated carbocycles. The van der Waals surface area contributed by atoms with E-state index in [9.17, 15) is 4.79 Å². The molecule has 1 heterocycles. The molecule has 1 aromatic heterocycles. The highest BCUT2D eigenvalue weighted by Gasteiger charge is 2.16. The Balaban J connectivity index is 1.95. The van der Waals surface area contributed by atoms with Crippen LogP contribution in [0.5, 0.6) is 0 Å². The normalized spacial score (nSPS) is 10.7. The van der Waals surface area contributed by atoms with Crippen LogP contribution in [0.2, 0.25) is 0 Å². The van der Waals surface area contributed by atoms with Gasteiger partial charge in [-0.05, 0) is 44.9 Å². The summed E-state index contributed by atoms with van der Waals surface area (Å²) >= 11 is 0. The third-order valence-electron chi connectivity index (χ3n) is 3.58. The zero-order chi connectivity index (χ0) is 19.7. The summed E-state index contributed by atoms with van der Waals surface area (Å²) in [7, 11) is 0. The van der Waals surface area contributed by atoms with Crippen LogP contribution in [0.1, 0.15) is 38.4 Å². The van der Waals surface area contributed by atoms with Gasteiger partial charge in [-0.1, -0.05) is 30.3 Å². The molecule has 0 radical (unpaired) electrons. The molecule has 0 fully saturated rings. The Bertz CT molecular complexity index is 764. The standard InChI is InChI=1S/C20H25N5O2/c1-20(2,3)27-19(26)22-12-7-13-25(15-16-8-5-4-6-9-16)18-11-10-17(14-21)23-24-18/h4-6,8-11H,7,12-13,15H2,1-3H3,(H,22,26). The van der Waals surface area contributed by atoms with Crippen LogP contribution in [0.4, 0.5) is 10.6 Å². The number of anilines is 1. The van der Waals surface area contributed by atoms with Gasteiger partial charge in [-0.3, -0.25) is 0 Å². The molecule has 0 unspecified atom stereocenters. The van der Waals surface area contributed by atoms with Gasteiger partial charge in [0.2, 0.25) is 0 Å². The third-order valence-corrected chi connectivity index (χ3v) is 3.58. The van der Waals surface area contributed by atoms with Crippen molar-refractivity contribution >= 4 is 11.9 Å². The SMILES string of the molecule is CC(C)(C)OC(=O)NCCCN(Cc1ccccc1)c1ccc(C#N)nn1. The molecule has 142 valence electrons. The molecule has 0 saturated heterocycles. The molecule has 1 amide bonds. The van der Waals surface area contributed by atoms with Gasteiger partial charge in [0.05, 0.1) is 0 Å². The maximum atomic E-state index is 11.7. The minimum absolute atomic E-state index is 0.282. The van der Waals surface area contributed by atoms with Crippen LogP contribution in [0.15, 0.2) is 42.5 Å². The second kappa shape index (κ2) is 9.53. The zero-order valence-electron chi connectivity index (χ0n) is 16.0. The van der Waals surface area contributed by atoms with E-state index in [2.05, 4.69) is 20.4 Å². The molecule has 1 N–H and O–H groups in total. The number of amides is 1. The molecule has 0 bridgehead atoms. The summed E-state index contributed by atoms with van der Waals surface area (Å²) in [6.07, 6.45) is 0.295. The fourth-order valence-corrected chi connectivity index (χ4v) is 2.41. The fraction of sp³-hybridized carbons (Fsp3) is 0.400. The number of carbonyl (C=O) groups excluding carboxylic acids is 1. The molecule has 27 heavy (non-hydrogen) atoms. The van der Waals surface area contributed by atoms with Crippen LogP contribution >= 0.6 is 0 Å². The number of aromatic nitrogens is 2. The van der Waals surface area contributed by atoms with Crippen molar-refractivity contribution in [1.29, 1.82) is 5.26 Å². The fourth-order valence-electron chi connectivity index (χ4n) is 2.41. The number of rotatable bonds is 7. The Labute approximate surface area is 160 Å². The summed E-state index contributed by atoms with van der Waals surface area (Å²) in [6, 6.07) is 15.5. The number of alkyl carbamates (subject to hydrolysis) is 1. The number of ether oxygens (including phenoxy) is 1. The Morgan fingerprint density at radius 2 is 1.93 bits per heavy atom. The van der Waals surface area contributed by atoms with Gasteiger partial charge in [0.15, 0.2) is 11.5 Å². The molecular formula is C20H25N5O2. The molecule has 2 rings (SSSR count). The average Bonchev–Trinajstić information content (AvgIpc) is 2.64. The summed E-state index contributed by atoms with van der Waals surface area (Å²) in [4.78, 5) is 13.8. The van der Waals surface area contributed by atoms with Crippen LogP contribution < -0.4 is 10.2 Å². The smallest absolute Gasteiger partial charge is 0.407 e. The number of hydrogen-bond donors (Lipinski definition) is 1. The first-order valence-corrected chi connectivity index (χ1v) is 8.87. The lowest BCUT2D eigenvalue weighted by Gasteiger charge is -2.24. The van der Waals surface area contributed by atoms with Crippen molar-refractivity contribution in [2.45, 2.75) is 39.3 Å². The van der Waals surface area contributed by atoms with Crippen LogP contribution in [-0.2, 0) is 11.3 Å². The van der Waals surface area contributed by atoms with Gasteiger partial charge >= 0.3 is 6.09 Å². The molecule has 0 aliphatic rings. The van der Waals surface area contributed by atoms with E-state index in [0.29, 0.717) is 31.9 Å². The van der Waals surface area contributed by atoms with E-state index < -0.39 is 11.7 Å². The predicted octanol–water partition coefficient (Wildman–Crippen LogP) is 3.27. The van der Waals surface area contributed by atoms with Crippen molar-refractivity contribution in [3.63, 3.8) is 0 Å². The van der Waals surface area contributed by atoms with Crippen molar-refractivity contribution in [2.24, 2.45) is 0 Å². The van der Waals surface area contributed by atoms with E-state index in [-0.39, 0.29) is 5.69 Å². The largest absolute Gasteiger partial charge is 0.444 e. The van der Waals surface area contributed by atoms with Gasteiger partial charge in [-0.25, -0.2) is 4.79 Å². The predicted molar refractivity (Wildman–Crippen MR) is 103 cm³/mol. The number of nitriles is 1.